The molecule has 0 bridgehead atoms. The van der Waals surface area contributed by atoms with Crippen molar-refractivity contribution in [2.45, 2.75) is 12.8 Å². The van der Waals surface area contributed by atoms with Gasteiger partial charge in [0.15, 0.2) is 5.75 Å². The van der Waals surface area contributed by atoms with Gasteiger partial charge < -0.3 is 27.4 Å². The van der Waals surface area contributed by atoms with Crippen LogP contribution in [0.25, 0.3) is 0 Å². The van der Waals surface area contributed by atoms with E-state index in [0.29, 0.717) is 39.0 Å². The van der Waals surface area contributed by atoms with Gasteiger partial charge in [-0.3, -0.25) is 18.9 Å². The minimum atomic E-state index is -4.52. The van der Waals surface area contributed by atoms with Crippen LogP contribution in [0.2, 0.25) is 0 Å². The zero-order chi connectivity index (χ0) is 21.2. The molecule has 1 aromatic rings. The van der Waals surface area contributed by atoms with E-state index in [0.717, 1.165) is 0 Å². The summed E-state index contributed by atoms with van der Waals surface area (Å²) < 4.78 is 30.4. The second kappa shape index (κ2) is 11.3. The molecular formula is C16H25N5O6S. The monoisotopic (exact) mass is 415 g/mol. The summed E-state index contributed by atoms with van der Waals surface area (Å²) in [6.07, 6.45) is 1.12. The summed E-state index contributed by atoms with van der Waals surface area (Å²) >= 11 is 0. The first kappa shape index (κ1) is 23.5. The number of benzene rings is 1. The zero-order valence-corrected chi connectivity index (χ0v) is 16.0. The molecule has 1 aromatic carbocycles. The van der Waals surface area contributed by atoms with E-state index in [1.165, 1.54) is 18.2 Å². The molecule has 0 saturated carbocycles. The molecule has 0 saturated heterocycles. The van der Waals surface area contributed by atoms with Crippen LogP contribution in [0.5, 0.6) is 0 Å². The second-order valence-electron chi connectivity index (χ2n) is 5.87. The molecule has 1 rings (SSSR count). The smallest absolute Gasteiger partial charge is 0.274 e. The first-order chi connectivity index (χ1) is 13.2. The van der Waals surface area contributed by atoms with Gasteiger partial charge in [0.1, 0.15) is 0 Å². The number of carbonyl (C=O) groups is 3. The number of nitrogens with one attached hydrogen (secondary N) is 3. The second-order valence-corrected chi connectivity index (χ2v) is 7.32. The molecule has 0 aliphatic heterocycles. The summed E-state index contributed by atoms with van der Waals surface area (Å²) in [6.45, 7) is 1.43. The molecule has 12 heteroatoms. The summed E-state index contributed by atoms with van der Waals surface area (Å²) in [6, 6.07) is 3.92. The van der Waals surface area contributed by atoms with Gasteiger partial charge in [-0.05, 0) is 44.1 Å². The fourth-order valence-corrected chi connectivity index (χ4v) is 2.54. The lowest BCUT2D eigenvalue weighted by atomic mass is 10.1. The highest BCUT2D eigenvalue weighted by atomic mass is 32.2. The first-order valence-electron chi connectivity index (χ1n) is 8.53. The molecule has 0 radical (unpaired) electrons. The van der Waals surface area contributed by atoms with E-state index in [1.807, 2.05) is 0 Å². The Morgan fingerprint density at radius 2 is 1.36 bits per heavy atom. The molecule has 0 atom stereocenters. The molecular weight excluding hydrogens is 390 g/mol. The Labute approximate surface area is 163 Å². The molecule has 28 heavy (non-hydrogen) atoms. The van der Waals surface area contributed by atoms with Crippen LogP contribution in [0.4, 0.5) is 5.69 Å². The summed E-state index contributed by atoms with van der Waals surface area (Å²) in [4.78, 5) is 36.3. The highest BCUT2D eigenvalue weighted by Gasteiger charge is 2.17. The summed E-state index contributed by atoms with van der Waals surface area (Å²) in [5, 5.41) is 7.49. The quantitative estimate of drug-likeness (QED) is 0.189. The Balaban J connectivity index is 3.06. The number of nitrogens with two attached hydrogens (primary N) is 2. The maximum Gasteiger partial charge on any atom is 0.274 e. The lowest BCUT2D eigenvalue weighted by Gasteiger charge is -2.11. The van der Waals surface area contributed by atoms with Crippen LogP contribution in [0.3, 0.4) is 0 Å². The number of carbonyl (C=O) groups excluding carboxylic acids is 3. The van der Waals surface area contributed by atoms with Gasteiger partial charge in [0.25, 0.3) is 21.9 Å². The molecule has 0 heterocycles. The van der Waals surface area contributed by atoms with E-state index >= 15 is 0 Å². The third-order valence-electron chi connectivity index (χ3n) is 3.39. The Morgan fingerprint density at radius 3 is 1.75 bits per heavy atom. The zero-order valence-electron chi connectivity index (χ0n) is 15.2. The number of amides is 3. The van der Waals surface area contributed by atoms with Crippen LogP contribution < -0.4 is 27.4 Å². The van der Waals surface area contributed by atoms with Crippen LogP contribution in [0.15, 0.2) is 18.2 Å². The maximum absolute atomic E-state index is 12.3. The highest BCUT2D eigenvalue weighted by molar-refractivity contribution is 7.86. The van der Waals surface area contributed by atoms with Crippen molar-refractivity contribution in [3.8, 4) is 0 Å². The van der Waals surface area contributed by atoms with Gasteiger partial charge in [0.2, 0.25) is 5.91 Å². The van der Waals surface area contributed by atoms with Crippen molar-refractivity contribution in [1.82, 2.24) is 10.6 Å². The van der Waals surface area contributed by atoms with Crippen LogP contribution in [0.1, 0.15) is 33.6 Å². The Kier molecular flexibility index (Phi) is 9.51. The van der Waals surface area contributed by atoms with Crippen molar-refractivity contribution in [1.29, 1.82) is 0 Å². The van der Waals surface area contributed by atoms with Gasteiger partial charge in [0, 0.05) is 29.9 Å². The van der Waals surface area contributed by atoms with E-state index in [2.05, 4.69) is 16.0 Å². The van der Waals surface area contributed by atoms with Crippen molar-refractivity contribution in [3.05, 3.63) is 29.3 Å². The predicted octanol–water partition coefficient (Wildman–Crippen LogP) is -1.33. The van der Waals surface area contributed by atoms with E-state index in [-0.39, 0.29) is 16.8 Å². The molecule has 0 fully saturated rings. The van der Waals surface area contributed by atoms with E-state index in [4.69, 9.17) is 16.0 Å². The third-order valence-corrected chi connectivity index (χ3v) is 4.01. The van der Waals surface area contributed by atoms with Crippen molar-refractivity contribution >= 4 is 33.5 Å². The number of rotatable bonds is 11. The molecule has 0 aromatic heterocycles. The van der Waals surface area contributed by atoms with Crippen LogP contribution in [-0.4, -0.2) is 62.6 Å². The highest BCUT2D eigenvalue weighted by Crippen LogP contribution is 2.16. The number of hydrogen-bond donors (Lipinski definition) is 6. The largest absolute Gasteiger partial charge is 0.352 e. The maximum atomic E-state index is 12.3. The molecule has 0 spiro atoms. The average molecular weight is 415 g/mol. The average Bonchev–Trinajstić information content (AvgIpc) is 2.60. The van der Waals surface area contributed by atoms with E-state index in [1.54, 1.807) is 0 Å². The van der Waals surface area contributed by atoms with Crippen LogP contribution in [0, 0.1) is 0 Å². The normalized spacial score (nSPS) is 11.0. The first-order valence-corrected chi connectivity index (χ1v) is 10.1. The van der Waals surface area contributed by atoms with Crippen molar-refractivity contribution in [3.63, 3.8) is 0 Å². The van der Waals surface area contributed by atoms with Crippen LogP contribution in [-0.2, 0) is 14.9 Å². The van der Waals surface area contributed by atoms with E-state index in [9.17, 15) is 22.8 Å². The SMILES string of the molecule is NCCCNC(=O)c1cc(NC(=O)CS(=O)(=O)O)cc(C(=O)NCCCN)c1. The molecule has 0 aliphatic carbocycles. The van der Waals surface area contributed by atoms with Gasteiger partial charge in [0.05, 0.1) is 0 Å². The molecule has 0 unspecified atom stereocenters. The molecule has 156 valence electrons. The Hall–Kier alpha value is -2.54. The molecule has 8 N–H and O–H groups in total. The van der Waals surface area contributed by atoms with Gasteiger partial charge in [-0.1, -0.05) is 0 Å². The Bertz CT molecular complexity index is 771. The Morgan fingerprint density at radius 1 is 0.893 bits per heavy atom. The van der Waals surface area contributed by atoms with Crippen molar-refractivity contribution in [2.24, 2.45) is 11.5 Å². The van der Waals surface area contributed by atoms with Gasteiger partial charge >= 0.3 is 0 Å². The van der Waals surface area contributed by atoms with Gasteiger partial charge in [-0.25, -0.2) is 0 Å². The summed E-state index contributed by atoms with van der Waals surface area (Å²) in [5.74, 6) is -3.15. The summed E-state index contributed by atoms with van der Waals surface area (Å²) in [5.41, 5.74) is 11.0. The van der Waals surface area contributed by atoms with Gasteiger partial charge in [-0.15, -0.1) is 0 Å². The van der Waals surface area contributed by atoms with Crippen molar-refractivity contribution < 1.29 is 27.4 Å². The third kappa shape index (κ3) is 8.90. The molecule has 11 nitrogen and oxygen atoms in total. The molecule has 3 amide bonds. The van der Waals surface area contributed by atoms with Gasteiger partial charge in [-0.2, -0.15) is 8.42 Å². The minimum absolute atomic E-state index is 0.0316. The lowest BCUT2D eigenvalue weighted by Crippen LogP contribution is -2.29. The predicted molar refractivity (Wildman–Crippen MR) is 103 cm³/mol. The van der Waals surface area contributed by atoms with Crippen molar-refractivity contribution in [2.75, 3.05) is 37.2 Å². The topological polar surface area (TPSA) is 194 Å². The minimum Gasteiger partial charge on any atom is -0.352 e. The summed E-state index contributed by atoms with van der Waals surface area (Å²) in [7, 11) is -4.52. The number of anilines is 1. The number of hydrogen-bond acceptors (Lipinski definition) is 7. The fourth-order valence-electron chi connectivity index (χ4n) is 2.14. The standard InChI is InChI=1S/C16H25N5O6S/c17-3-1-5-19-15(23)11-7-12(16(24)20-6-2-4-18)9-13(8-11)21-14(22)10-28(25,26)27/h7-9H,1-6,10,17-18H2,(H,19,23)(H,20,24)(H,21,22)(H,25,26,27). The fraction of sp³-hybridized carbons (Fsp3) is 0.438. The van der Waals surface area contributed by atoms with Crippen LogP contribution >= 0.6 is 0 Å². The lowest BCUT2D eigenvalue weighted by molar-refractivity contribution is -0.113. The molecule has 0 aliphatic rings. The van der Waals surface area contributed by atoms with E-state index < -0.39 is 33.6 Å².